The van der Waals surface area contributed by atoms with E-state index in [2.05, 4.69) is 40.3 Å². The summed E-state index contributed by atoms with van der Waals surface area (Å²) in [4.78, 5) is 0. The highest BCUT2D eigenvalue weighted by atomic mass is 79.9. The third kappa shape index (κ3) is 6.01. The number of ether oxygens (including phenoxy) is 2. The summed E-state index contributed by atoms with van der Waals surface area (Å²) in [5, 5.41) is 12.3. The van der Waals surface area contributed by atoms with Gasteiger partial charge in [-0.15, -0.1) is 0 Å². The fourth-order valence-corrected chi connectivity index (χ4v) is 3.19. The minimum Gasteiger partial charge on any atom is -0.493 e. The molecule has 2 aromatic rings. The number of aliphatic hydroxyl groups excluding tert-OH is 1. The SMILES string of the molecule is COc1ccc(Br)c(CNCCCCCO)c1OCc1ccccc1C. The molecule has 0 aromatic heterocycles. The van der Waals surface area contributed by atoms with Gasteiger partial charge in [0.05, 0.1) is 7.11 Å². The number of aliphatic hydroxyl groups is 1. The lowest BCUT2D eigenvalue weighted by Gasteiger charge is -2.18. The minimum atomic E-state index is 0.262. The van der Waals surface area contributed by atoms with E-state index in [0.29, 0.717) is 13.2 Å². The van der Waals surface area contributed by atoms with Crippen LogP contribution in [0.5, 0.6) is 11.5 Å². The highest BCUT2D eigenvalue weighted by Crippen LogP contribution is 2.37. The lowest BCUT2D eigenvalue weighted by Crippen LogP contribution is -2.16. The van der Waals surface area contributed by atoms with Crippen molar-refractivity contribution in [1.29, 1.82) is 0 Å². The molecule has 0 radical (unpaired) electrons. The first-order chi connectivity index (χ1) is 12.7. The number of hydrogen-bond acceptors (Lipinski definition) is 4. The standard InChI is InChI=1S/C21H28BrNO3/c1-16-8-4-5-9-17(16)15-26-21-18(14-23-12-6-3-7-13-24)19(22)10-11-20(21)25-2/h4-5,8-11,23-24H,3,6-7,12-15H2,1-2H3. The van der Waals surface area contributed by atoms with Gasteiger partial charge >= 0.3 is 0 Å². The van der Waals surface area contributed by atoms with Crippen molar-refractivity contribution >= 4 is 15.9 Å². The van der Waals surface area contributed by atoms with Crippen LogP contribution < -0.4 is 14.8 Å². The van der Waals surface area contributed by atoms with Crippen molar-refractivity contribution < 1.29 is 14.6 Å². The van der Waals surface area contributed by atoms with Crippen LogP contribution in [0.3, 0.4) is 0 Å². The smallest absolute Gasteiger partial charge is 0.167 e. The van der Waals surface area contributed by atoms with E-state index in [0.717, 1.165) is 52.9 Å². The Labute approximate surface area is 164 Å². The summed E-state index contributed by atoms with van der Waals surface area (Å²) < 4.78 is 12.7. The van der Waals surface area contributed by atoms with Gasteiger partial charge in [-0.05, 0) is 56.0 Å². The number of benzene rings is 2. The maximum absolute atomic E-state index is 8.85. The number of hydrogen-bond donors (Lipinski definition) is 2. The van der Waals surface area contributed by atoms with Gasteiger partial charge < -0.3 is 19.9 Å². The number of nitrogens with one attached hydrogen (secondary N) is 1. The van der Waals surface area contributed by atoms with Crippen LogP contribution in [-0.4, -0.2) is 25.4 Å². The first kappa shape index (κ1) is 20.7. The highest BCUT2D eigenvalue weighted by Gasteiger charge is 2.15. The van der Waals surface area contributed by atoms with Crippen molar-refractivity contribution in [3.8, 4) is 11.5 Å². The van der Waals surface area contributed by atoms with E-state index in [1.165, 1.54) is 5.56 Å². The number of rotatable bonds is 11. The van der Waals surface area contributed by atoms with Crippen molar-refractivity contribution in [2.45, 2.75) is 39.3 Å². The average molecular weight is 422 g/mol. The topological polar surface area (TPSA) is 50.7 Å². The number of methoxy groups -OCH3 is 1. The molecule has 26 heavy (non-hydrogen) atoms. The number of aryl methyl sites for hydroxylation is 1. The Balaban J connectivity index is 2.07. The second-order valence-corrected chi connectivity index (χ2v) is 7.09. The molecule has 0 aliphatic carbocycles. The van der Waals surface area contributed by atoms with Crippen LogP contribution in [0.2, 0.25) is 0 Å². The summed E-state index contributed by atoms with van der Waals surface area (Å²) in [6.45, 7) is 4.45. The normalized spacial score (nSPS) is 10.8. The summed E-state index contributed by atoms with van der Waals surface area (Å²) in [5.41, 5.74) is 3.43. The van der Waals surface area contributed by atoms with Crippen LogP contribution in [0.4, 0.5) is 0 Å². The van der Waals surface area contributed by atoms with Gasteiger partial charge in [-0.25, -0.2) is 0 Å². The van der Waals surface area contributed by atoms with Crippen molar-refractivity contribution in [3.63, 3.8) is 0 Å². The Morgan fingerprint density at radius 3 is 2.62 bits per heavy atom. The van der Waals surface area contributed by atoms with Gasteiger partial charge in [-0.3, -0.25) is 0 Å². The fraction of sp³-hybridized carbons (Fsp3) is 0.429. The maximum Gasteiger partial charge on any atom is 0.167 e. The molecule has 0 aliphatic rings. The second-order valence-electron chi connectivity index (χ2n) is 6.23. The van der Waals surface area contributed by atoms with Gasteiger partial charge in [-0.1, -0.05) is 40.2 Å². The molecule has 0 aliphatic heterocycles. The number of halogens is 1. The van der Waals surface area contributed by atoms with Crippen LogP contribution in [0.25, 0.3) is 0 Å². The van der Waals surface area contributed by atoms with Crippen LogP contribution >= 0.6 is 15.9 Å². The molecule has 0 amide bonds. The molecule has 0 bridgehead atoms. The first-order valence-electron chi connectivity index (χ1n) is 9.01. The van der Waals surface area contributed by atoms with Crippen LogP contribution in [0.1, 0.15) is 36.0 Å². The Morgan fingerprint density at radius 1 is 1.08 bits per heavy atom. The molecular weight excluding hydrogens is 394 g/mol. The Morgan fingerprint density at radius 2 is 1.88 bits per heavy atom. The first-order valence-corrected chi connectivity index (χ1v) is 9.81. The van der Waals surface area contributed by atoms with Gasteiger partial charge in [-0.2, -0.15) is 0 Å². The Bertz CT molecular complexity index is 691. The molecule has 4 nitrogen and oxygen atoms in total. The van der Waals surface area contributed by atoms with E-state index in [4.69, 9.17) is 14.6 Å². The Kier molecular flexibility index (Phi) is 8.95. The van der Waals surface area contributed by atoms with Crippen molar-refractivity contribution in [3.05, 3.63) is 57.6 Å². The monoisotopic (exact) mass is 421 g/mol. The molecule has 0 saturated carbocycles. The summed E-state index contributed by atoms with van der Waals surface area (Å²) in [5.74, 6) is 1.51. The predicted molar refractivity (Wildman–Crippen MR) is 109 cm³/mol. The highest BCUT2D eigenvalue weighted by molar-refractivity contribution is 9.10. The molecule has 0 saturated heterocycles. The van der Waals surface area contributed by atoms with E-state index in [1.807, 2.05) is 24.3 Å². The summed E-state index contributed by atoms with van der Waals surface area (Å²) in [6.07, 6.45) is 2.93. The molecule has 0 fully saturated rings. The van der Waals surface area contributed by atoms with Gasteiger partial charge in [0, 0.05) is 23.2 Å². The molecule has 0 spiro atoms. The summed E-state index contributed by atoms with van der Waals surface area (Å²) >= 11 is 3.64. The van der Waals surface area contributed by atoms with E-state index in [1.54, 1.807) is 7.11 Å². The molecule has 0 unspecified atom stereocenters. The molecule has 2 N–H and O–H groups in total. The van der Waals surface area contributed by atoms with E-state index in [-0.39, 0.29) is 6.61 Å². The average Bonchev–Trinajstić information content (AvgIpc) is 2.65. The third-order valence-electron chi connectivity index (χ3n) is 4.33. The Hall–Kier alpha value is -1.56. The zero-order valence-corrected chi connectivity index (χ0v) is 17.1. The van der Waals surface area contributed by atoms with Crippen LogP contribution in [-0.2, 0) is 13.2 Å². The largest absolute Gasteiger partial charge is 0.493 e. The van der Waals surface area contributed by atoms with E-state index >= 15 is 0 Å². The lowest BCUT2D eigenvalue weighted by molar-refractivity contribution is 0.279. The molecule has 2 rings (SSSR count). The van der Waals surface area contributed by atoms with Crippen LogP contribution in [0.15, 0.2) is 40.9 Å². The zero-order chi connectivity index (χ0) is 18.8. The third-order valence-corrected chi connectivity index (χ3v) is 5.08. The van der Waals surface area contributed by atoms with Gasteiger partial charge in [0.15, 0.2) is 11.5 Å². The van der Waals surface area contributed by atoms with E-state index in [9.17, 15) is 0 Å². The second kappa shape index (κ2) is 11.2. The molecule has 142 valence electrons. The van der Waals surface area contributed by atoms with Gasteiger partial charge in [0.2, 0.25) is 0 Å². The van der Waals surface area contributed by atoms with Crippen molar-refractivity contribution in [2.75, 3.05) is 20.3 Å². The molecular formula is C21H28BrNO3. The minimum absolute atomic E-state index is 0.262. The zero-order valence-electron chi connectivity index (χ0n) is 15.6. The maximum atomic E-state index is 8.85. The molecule has 5 heteroatoms. The fourth-order valence-electron chi connectivity index (χ4n) is 2.74. The van der Waals surface area contributed by atoms with Crippen molar-refractivity contribution in [1.82, 2.24) is 5.32 Å². The quantitative estimate of drug-likeness (QED) is 0.520. The molecule has 2 aromatic carbocycles. The van der Waals surface area contributed by atoms with Crippen molar-refractivity contribution in [2.24, 2.45) is 0 Å². The van der Waals surface area contributed by atoms with Gasteiger partial charge in [0.25, 0.3) is 0 Å². The lowest BCUT2D eigenvalue weighted by atomic mass is 10.1. The predicted octanol–water partition coefficient (Wildman–Crippen LogP) is 4.60. The van der Waals surface area contributed by atoms with Gasteiger partial charge in [0.1, 0.15) is 6.61 Å². The van der Waals surface area contributed by atoms with Crippen LogP contribution in [0, 0.1) is 6.92 Å². The summed E-state index contributed by atoms with van der Waals surface area (Å²) in [7, 11) is 1.66. The molecule has 0 heterocycles. The number of unbranched alkanes of at least 4 members (excludes halogenated alkanes) is 2. The summed E-state index contributed by atoms with van der Waals surface area (Å²) in [6, 6.07) is 12.1. The van der Waals surface area contributed by atoms with E-state index < -0.39 is 0 Å². The molecule has 0 atom stereocenters.